The summed E-state index contributed by atoms with van der Waals surface area (Å²) in [5, 5.41) is 25.3. The number of rotatable bonds is 11. The normalized spacial score (nSPS) is 11.2. The highest BCUT2D eigenvalue weighted by Crippen LogP contribution is 2.42. The van der Waals surface area contributed by atoms with Crippen molar-refractivity contribution in [1.82, 2.24) is 19.6 Å². The van der Waals surface area contributed by atoms with Gasteiger partial charge in [-0.2, -0.15) is 0 Å². The number of nitrogens with zero attached hydrogens (tertiary/aromatic N) is 2. The van der Waals surface area contributed by atoms with Crippen LogP contribution in [0.3, 0.4) is 0 Å². The number of halogens is 1. The highest BCUT2D eigenvalue weighted by atomic mass is 35.5. The van der Waals surface area contributed by atoms with Crippen LogP contribution >= 0.6 is 11.6 Å². The number of aromatic nitrogens is 4. The number of aromatic amines is 2. The standard InChI is InChI=1S/C33H31ClN4O8/c1-5-45-25-16-21(15-24(34)29(25)46-6-2)28(26-17(3)35-37(30(26)39)22-11-7-9-19(13-22)32(41)42)27-18(4)36-38(31(27)40)23-12-8-10-20(14-23)33(43)44/h7-16,28,35-36H,5-6H2,1-4H3,(H,41,42)(H,43,44). The number of ether oxygens (including phenoxy) is 2. The molecule has 5 rings (SSSR count). The minimum absolute atomic E-state index is 0.0117. The maximum atomic E-state index is 14.3. The van der Waals surface area contributed by atoms with Crippen molar-refractivity contribution in [3.63, 3.8) is 0 Å². The van der Waals surface area contributed by atoms with Crippen LogP contribution in [0.15, 0.2) is 70.3 Å². The van der Waals surface area contributed by atoms with E-state index in [1.54, 1.807) is 52.0 Å². The van der Waals surface area contributed by atoms with Gasteiger partial charge in [-0.05, 0) is 81.8 Å². The Bertz CT molecular complexity index is 1970. The average Bonchev–Trinajstić information content (AvgIpc) is 3.49. The number of carboxylic acids is 2. The first-order valence-electron chi connectivity index (χ1n) is 14.4. The number of aryl methyl sites for hydroxylation is 2. The maximum absolute atomic E-state index is 14.3. The highest BCUT2D eigenvalue weighted by Gasteiger charge is 2.32. The monoisotopic (exact) mass is 646 g/mol. The molecule has 0 amide bonds. The molecule has 0 spiro atoms. The van der Waals surface area contributed by atoms with E-state index >= 15 is 0 Å². The largest absolute Gasteiger partial charge is 0.490 e. The molecule has 0 aliphatic carbocycles. The fourth-order valence-corrected chi connectivity index (χ4v) is 5.77. The van der Waals surface area contributed by atoms with Crippen molar-refractivity contribution < 1.29 is 29.3 Å². The quantitative estimate of drug-likeness (QED) is 0.150. The van der Waals surface area contributed by atoms with Gasteiger partial charge in [-0.25, -0.2) is 19.0 Å². The molecule has 238 valence electrons. The van der Waals surface area contributed by atoms with Crippen LogP contribution in [0.2, 0.25) is 5.02 Å². The van der Waals surface area contributed by atoms with Crippen LogP contribution in [0, 0.1) is 13.8 Å². The topological polar surface area (TPSA) is 169 Å². The van der Waals surface area contributed by atoms with Crippen molar-refractivity contribution >= 4 is 23.5 Å². The number of hydrogen-bond donors (Lipinski definition) is 4. The molecule has 0 aliphatic heterocycles. The van der Waals surface area contributed by atoms with Crippen molar-refractivity contribution in [1.29, 1.82) is 0 Å². The number of aromatic carboxylic acids is 2. The molecule has 0 radical (unpaired) electrons. The summed E-state index contributed by atoms with van der Waals surface area (Å²) < 4.78 is 14.1. The van der Waals surface area contributed by atoms with Crippen molar-refractivity contribution in [3.05, 3.63) is 126 Å². The number of carboxylic acid groups (broad SMARTS) is 2. The third kappa shape index (κ3) is 5.82. The van der Waals surface area contributed by atoms with Crippen molar-refractivity contribution in [3.8, 4) is 22.9 Å². The van der Waals surface area contributed by atoms with Crippen LogP contribution in [0.1, 0.15) is 68.6 Å². The number of H-pyrrole nitrogens is 2. The zero-order valence-electron chi connectivity index (χ0n) is 25.4. The van der Waals surface area contributed by atoms with Gasteiger partial charge in [-0.1, -0.05) is 23.7 Å². The van der Waals surface area contributed by atoms with Crippen molar-refractivity contribution in [2.45, 2.75) is 33.6 Å². The molecule has 0 unspecified atom stereocenters. The molecule has 2 heterocycles. The molecule has 0 saturated carbocycles. The average molecular weight is 647 g/mol. The molecular weight excluding hydrogens is 616 g/mol. The second-order valence-corrected chi connectivity index (χ2v) is 10.8. The zero-order valence-corrected chi connectivity index (χ0v) is 26.1. The van der Waals surface area contributed by atoms with E-state index < -0.39 is 29.0 Å². The van der Waals surface area contributed by atoms with E-state index in [1.165, 1.54) is 45.8 Å². The van der Waals surface area contributed by atoms with Crippen LogP contribution in [-0.2, 0) is 0 Å². The minimum Gasteiger partial charge on any atom is -0.490 e. The van der Waals surface area contributed by atoms with Crippen LogP contribution < -0.4 is 20.6 Å². The van der Waals surface area contributed by atoms with Gasteiger partial charge in [0.25, 0.3) is 11.1 Å². The lowest BCUT2D eigenvalue weighted by Crippen LogP contribution is -2.25. The SMILES string of the molecule is CCOc1cc(C(c2c(C)[nH]n(-c3cccc(C(=O)O)c3)c2=O)c2c(C)[nH]n(-c3cccc(C(=O)O)c3)c2=O)cc(Cl)c1OCC. The van der Waals surface area contributed by atoms with Gasteiger partial charge in [0.1, 0.15) is 0 Å². The fraction of sp³-hybridized carbons (Fsp3) is 0.212. The Morgan fingerprint density at radius 2 is 1.26 bits per heavy atom. The summed E-state index contributed by atoms with van der Waals surface area (Å²) in [6.45, 7) is 7.56. The van der Waals surface area contributed by atoms with Crippen LogP contribution in [0.5, 0.6) is 11.5 Å². The first-order chi connectivity index (χ1) is 22.0. The molecule has 13 heteroatoms. The summed E-state index contributed by atoms with van der Waals surface area (Å²) >= 11 is 6.73. The van der Waals surface area contributed by atoms with E-state index in [0.717, 1.165) is 0 Å². The van der Waals surface area contributed by atoms with Crippen LogP contribution in [0.4, 0.5) is 0 Å². The van der Waals surface area contributed by atoms with Gasteiger partial charge in [-0.3, -0.25) is 19.8 Å². The van der Waals surface area contributed by atoms with Gasteiger partial charge in [0.2, 0.25) is 0 Å². The molecule has 0 fully saturated rings. The fourth-order valence-electron chi connectivity index (χ4n) is 5.50. The van der Waals surface area contributed by atoms with Crippen molar-refractivity contribution in [2.24, 2.45) is 0 Å². The first kappa shape index (κ1) is 31.9. The predicted octanol–water partition coefficient (Wildman–Crippen LogP) is 5.29. The van der Waals surface area contributed by atoms with E-state index in [-0.39, 0.29) is 45.3 Å². The summed E-state index contributed by atoms with van der Waals surface area (Å²) in [5.41, 5.74) is 1.19. The summed E-state index contributed by atoms with van der Waals surface area (Å²) in [7, 11) is 0. The van der Waals surface area contributed by atoms with E-state index in [1.807, 2.05) is 0 Å². The molecule has 0 atom stereocenters. The van der Waals surface area contributed by atoms with Gasteiger partial charge in [0.05, 0.1) is 51.9 Å². The Balaban J connectivity index is 1.81. The molecule has 2 aromatic heterocycles. The van der Waals surface area contributed by atoms with Crippen LogP contribution in [0.25, 0.3) is 11.4 Å². The first-order valence-corrected chi connectivity index (χ1v) is 14.7. The summed E-state index contributed by atoms with van der Waals surface area (Å²) in [5.74, 6) is -2.68. The lowest BCUT2D eigenvalue weighted by Gasteiger charge is -2.20. The third-order valence-electron chi connectivity index (χ3n) is 7.47. The Hall–Kier alpha value is -5.49. The van der Waals surface area contributed by atoms with E-state index in [2.05, 4.69) is 10.2 Å². The lowest BCUT2D eigenvalue weighted by molar-refractivity contribution is 0.0686. The molecule has 5 aromatic rings. The number of hydrogen-bond acceptors (Lipinski definition) is 6. The molecule has 4 N–H and O–H groups in total. The third-order valence-corrected chi connectivity index (χ3v) is 7.75. The minimum atomic E-state index is -1.15. The zero-order chi connectivity index (χ0) is 33.3. The second kappa shape index (κ2) is 12.9. The van der Waals surface area contributed by atoms with Crippen LogP contribution in [-0.4, -0.2) is 54.9 Å². The number of carbonyl (C=O) groups is 2. The van der Waals surface area contributed by atoms with Gasteiger partial charge >= 0.3 is 11.9 Å². The van der Waals surface area contributed by atoms with Gasteiger partial charge in [0.15, 0.2) is 11.5 Å². The molecule has 46 heavy (non-hydrogen) atoms. The number of benzene rings is 3. The molecular formula is C33H31ClN4O8. The Labute approximate surface area is 267 Å². The lowest BCUT2D eigenvalue weighted by atomic mass is 9.85. The second-order valence-electron chi connectivity index (χ2n) is 10.4. The summed E-state index contributed by atoms with van der Waals surface area (Å²) in [4.78, 5) is 51.8. The van der Waals surface area contributed by atoms with E-state index in [4.69, 9.17) is 21.1 Å². The number of nitrogens with one attached hydrogen (secondary N) is 2. The Morgan fingerprint density at radius 3 is 1.70 bits per heavy atom. The van der Waals surface area contributed by atoms with E-state index in [0.29, 0.717) is 35.1 Å². The maximum Gasteiger partial charge on any atom is 0.335 e. The van der Waals surface area contributed by atoms with E-state index in [9.17, 15) is 29.4 Å². The summed E-state index contributed by atoms with van der Waals surface area (Å²) in [6.07, 6.45) is 0. The van der Waals surface area contributed by atoms with Crippen molar-refractivity contribution in [2.75, 3.05) is 13.2 Å². The molecule has 0 aliphatic rings. The molecule has 0 bridgehead atoms. The van der Waals surface area contributed by atoms with Gasteiger partial charge < -0.3 is 19.7 Å². The molecule has 0 saturated heterocycles. The highest BCUT2D eigenvalue weighted by molar-refractivity contribution is 6.32. The molecule has 3 aromatic carbocycles. The summed E-state index contributed by atoms with van der Waals surface area (Å²) in [6, 6.07) is 15.1. The Kier molecular flexibility index (Phi) is 8.92. The predicted molar refractivity (Wildman–Crippen MR) is 171 cm³/mol. The van der Waals surface area contributed by atoms with Gasteiger partial charge in [-0.15, -0.1) is 0 Å². The Morgan fingerprint density at radius 1 is 0.783 bits per heavy atom. The van der Waals surface area contributed by atoms with Gasteiger partial charge in [0, 0.05) is 17.3 Å². The molecule has 12 nitrogen and oxygen atoms in total. The smallest absolute Gasteiger partial charge is 0.335 e.